The van der Waals surface area contributed by atoms with E-state index >= 15 is 0 Å². The molecule has 4 nitrogen and oxygen atoms in total. The van der Waals surface area contributed by atoms with Crippen molar-refractivity contribution in [2.45, 2.75) is 6.92 Å². The number of hydrogen-bond donors (Lipinski definition) is 2. The van der Waals surface area contributed by atoms with Gasteiger partial charge in [0.15, 0.2) is 0 Å². The van der Waals surface area contributed by atoms with Gasteiger partial charge in [-0.1, -0.05) is 0 Å². The summed E-state index contributed by atoms with van der Waals surface area (Å²) in [6.07, 6.45) is 3.40. The number of fused-ring (bicyclic) bond motifs is 1. The van der Waals surface area contributed by atoms with Gasteiger partial charge in [-0.25, -0.2) is 4.98 Å². The molecule has 0 atom stereocenters. The quantitative estimate of drug-likeness (QED) is 0.667. The summed E-state index contributed by atoms with van der Waals surface area (Å²) in [6.45, 7) is 1.99. The summed E-state index contributed by atoms with van der Waals surface area (Å²) in [5.74, 6) is 0. The smallest absolute Gasteiger partial charge is 0.248 e. The Hall–Kier alpha value is -2.36. The minimum Gasteiger partial charge on any atom is -0.344 e. The third kappa shape index (κ3) is 1.63. The number of nitrogens with one attached hydrogen (secondary N) is 2. The molecule has 0 unspecified atom stereocenters. The Morgan fingerprint density at radius 3 is 2.94 bits per heavy atom. The predicted octanol–water partition coefficient (Wildman–Crippen LogP) is 2.23. The maximum Gasteiger partial charge on any atom is 0.248 e. The van der Waals surface area contributed by atoms with E-state index in [0.717, 1.165) is 27.9 Å². The van der Waals surface area contributed by atoms with E-state index in [0.29, 0.717) is 0 Å². The van der Waals surface area contributed by atoms with Crippen molar-refractivity contribution < 1.29 is 0 Å². The molecule has 0 aliphatic carbocycles. The molecule has 0 radical (unpaired) electrons. The summed E-state index contributed by atoms with van der Waals surface area (Å²) >= 11 is 0. The number of aryl methyl sites for hydroxylation is 1. The Kier molecular flexibility index (Phi) is 2.08. The zero-order chi connectivity index (χ0) is 11.8. The summed E-state index contributed by atoms with van der Waals surface area (Å²) in [5.41, 5.74) is 3.73. The molecule has 3 aromatic heterocycles. The van der Waals surface area contributed by atoms with Crippen molar-refractivity contribution in [3.8, 4) is 11.1 Å². The number of aromatic amines is 2. The van der Waals surface area contributed by atoms with E-state index in [2.05, 4.69) is 15.0 Å². The zero-order valence-electron chi connectivity index (χ0n) is 9.32. The van der Waals surface area contributed by atoms with E-state index in [4.69, 9.17) is 0 Å². The SMILES string of the molecule is Cc1cc2c(-c3cc[nH]c(=O)c3)ccnc2[nH]1. The van der Waals surface area contributed by atoms with Crippen LogP contribution in [0.15, 0.2) is 41.5 Å². The highest BCUT2D eigenvalue weighted by molar-refractivity contribution is 5.93. The third-order valence-electron chi connectivity index (χ3n) is 2.75. The van der Waals surface area contributed by atoms with Crippen LogP contribution >= 0.6 is 0 Å². The average molecular weight is 225 g/mol. The van der Waals surface area contributed by atoms with E-state index in [9.17, 15) is 4.79 Å². The second-order valence-electron chi connectivity index (χ2n) is 4.01. The third-order valence-corrected chi connectivity index (χ3v) is 2.75. The average Bonchev–Trinajstić information content (AvgIpc) is 2.68. The molecule has 0 aliphatic rings. The Labute approximate surface area is 97.3 Å². The normalized spacial score (nSPS) is 10.9. The Morgan fingerprint density at radius 1 is 1.24 bits per heavy atom. The molecular weight excluding hydrogens is 214 g/mol. The van der Waals surface area contributed by atoms with Crippen LogP contribution in [0.25, 0.3) is 22.2 Å². The molecule has 0 bridgehead atoms. The molecule has 17 heavy (non-hydrogen) atoms. The van der Waals surface area contributed by atoms with Crippen LogP contribution in [0.4, 0.5) is 0 Å². The van der Waals surface area contributed by atoms with Gasteiger partial charge < -0.3 is 9.97 Å². The van der Waals surface area contributed by atoms with Gasteiger partial charge in [0.05, 0.1) is 0 Å². The lowest BCUT2D eigenvalue weighted by Crippen LogP contribution is -2.02. The highest BCUT2D eigenvalue weighted by Crippen LogP contribution is 2.26. The monoisotopic (exact) mass is 225 g/mol. The Morgan fingerprint density at radius 2 is 2.12 bits per heavy atom. The fourth-order valence-electron chi connectivity index (χ4n) is 2.02. The lowest BCUT2D eigenvalue weighted by molar-refractivity contribution is 1.24. The number of hydrogen-bond acceptors (Lipinski definition) is 2. The first-order chi connectivity index (χ1) is 8.24. The van der Waals surface area contributed by atoms with Gasteiger partial charge in [-0.2, -0.15) is 0 Å². The molecule has 0 amide bonds. The lowest BCUT2D eigenvalue weighted by Gasteiger charge is -2.01. The van der Waals surface area contributed by atoms with Crippen molar-refractivity contribution in [3.63, 3.8) is 0 Å². The fraction of sp³-hybridized carbons (Fsp3) is 0.0769. The Bertz CT molecular complexity index is 740. The molecule has 0 aromatic carbocycles. The van der Waals surface area contributed by atoms with Gasteiger partial charge >= 0.3 is 0 Å². The number of pyridine rings is 2. The molecule has 3 aromatic rings. The van der Waals surface area contributed by atoms with Crippen LogP contribution in [0.5, 0.6) is 0 Å². The van der Waals surface area contributed by atoms with Crippen LogP contribution < -0.4 is 5.56 Å². The summed E-state index contributed by atoms with van der Waals surface area (Å²) in [5, 5.41) is 1.04. The molecule has 0 fully saturated rings. The zero-order valence-corrected chi connectivity index (χ0v) is 9.32. The van der Waals surface area contributed by atoms with Gasteiger partial charge in [-0.05, 0) is 36.2 Å². The van der Waals surface area contributed by atoms with Gasteiger partial charge in [-0.3, -0.25) is 4.79 Å². The van der Waals surface area contributed by atoms with Gasteiger partial charge in [0, 0.05) is 29.5 Å². The molecule has 0 saturated carbocycles. The van der Waals surface area contributed by atoms with Gasteiger partial charge in [-0.15, -0.1) is 0 Å². The number of H-pyrrole nitrogens is 2. The number of aromatic nitrogens is 3. The summed E-state index contributed by atoms with van der Waals surface area (Å²) < 4.78 is 0. The van der Waals surface area contributed by atoms with E-state index in [1.165, 1.54) is 0 Å². The number of rotatable bonds is 1. The molecule has 2 N–H and O–H groups in total. The maximum atomic E-state index is 11.3. The summed E-state index contributed by atoms with van der Waals surface area (Å²) in [6, 6.07) is 7.44. The van der Waals surface area contributed by atoms with Crippen molar-refractivity contribution in [3.05, 3.63) is 52.7 Å². The van der Waals surface area contributed by atoms with Crippen molar-refractivity contribution >= 4 is 11.0 Å². The van der Waals surface area contributed by atoms with E-state index in [1.807, 2.05) is 25.1 Å². The summed E-state index contributed by atoms with van der Waals surface area (Å²) in [7, 11) is 0. The van der Waals surface area contributed by atoms with Gasteiger partial charge in [0.1, 0.15) is 5.65 Å². The first kappa shape index (κ1) is 9.84. The molecule has 3 heterocycles. The van der Waals surface area contributed by atoms with Crippen LogP contribution in [0.2, 0.25) is 0 Å². The molecule has 0 spiro atoms. The molecule has 3 rings (SSSR count). The van der Waals surface area contributed by atoms with Crippen molar-refractivity contribution in [2.24, 2.45) is 0 Å². The van der Waals surface area contributed by atoms with Crippen molar-refractivity contribution in [1.82, 2.24) is 15.0 Å². The number of nitrogens with zero attached hydrogens (tertiary/aromatic N) is 1. The molecule has 4 heteroatoms. The van der Waals surface area contributed by atoms with Crippen molar-refractivity contribution in [2.75, 3.05) is 0 Å². The van der Waals surface area contributed by atoms with Crippen LogP contribution in [0.1, 0.15) is 5.69 Å². The largest absolute Gasteiger partial charge is 0.344 e. The second kappa shape index (κ2) is 3.59. The first-order valence-electron chi connectivity index (χ1n) is 5.37. The minimum atomic E-state index is -0.0975. The van der Waals surface area contributed by atoms with E-state index < -0.39 is 0 Å². The van der Waals surface area contributed by atoms with Gasteiger partial charge in [0.2, 0.25) is 5.56 Å². The van der Waals surface area contributed by atoms with Gasteiger partial charge in [0.25, 0.3) is 0 Å². The maximum absolute atomic E-state index is 11.3. The van der Waals surface area contributed by atoms with Crippen LogP contribution in [-0.4, -0.2) is 15.0 Å². The predicted molar refractivity (Wildman–Crippen MR) is 66.9 cm³/mol. The molecule has 0 saturated heterocycles. The fourth-order valence-corrected chi connectivity index (χ4v) is 2.02. The van der Waals surface area contributed by atoms with E-state index in [-0.39, 0.29) is 5.56 Å². The highest BCUT2D eigenvalue weighted by Gasteiger charge is 2.06. The minimum absolute atomic E-state index is 0.0975. The molecule has 84 valence electrons. The van der Waals surface area contributed by atoms with Crippen LogP contribution in [0, 0.1) is 6.92 Å². The summed E-state index contributed by atoms with van der Waals surface area (Å²) in [4.78, 5) is 21.4. The van der Waals surface area contributed by atoms with Crippen LogP contribution in [0.3, 0.4) is 0 Å². The topological polar surface area (TPSA) is 61.5 Å². The second-order valence-corrected chi connectivity index (χ2v) is 4.01. The van der Waals surface area contributed by atoms with Crippen molar-refractivity contribution in [1.29, 1.82) is 0 Å². The highest BCUT2D eigenvalue weighted by atomic mass is 16.1. The first-order valence-corrected chi connectivity index (χ1v) is 5.37. The standard InChI is InChI=1S/C13H11N3O/c1-8-6-11-10(3-5-15-13(11)16-8)9-2-4-14-12(17)7-9/h2-7H,1H3,(H,14,17)(H,15,16). The van der Waals surface area contributed by atoms with Crippen LogP contribution in [-0.2, 0) is 0 Å². The Balaban J connectivity index is 2.33. The molecule has 0 aliphatic heterocycles. The lowest BCUT2D eigenvalue weighted by atomic mass is 10.1. The van der Waals surface area contributed by atoms with E-state index in [1.54, 1.807) is 18.5 Å². The molecular formula is C13H11N3O.